The van der Waals surface area contributed by atoms with Gasteiger partial charge in [-0.25, -0.2) is 13.4 Å². The summed E-state index contributed by atoms with van der Waals surface area (Å²) in [6.45, 7) is 5.35. The minimum atomic E-state index is -3.57. The first-order valence-corrected chi connectivity index (χ1v) is 12.6. The molecule has 4 rings (SSSR count). The van der Waals surface area contributed by atoms with Gasteiger partial charge in [-0.15, -0.1) is 11.3 Å². The predicted octanol–water partition coefficient (Wildman–Crippen LogP) is 4.31. The number of aromatic nitrogens is 2. The normalized spacial score (nSPS) is 15.0. The summed E-state index contributed by atoms with van der Waals surface area (Å²) in [5.74, 6) is 0.0743. The van der Waals surface area contributed by atoms with Gasteiger partial charge in [-0.05, 0) is 30.4 Å². The Hall–Kier alpha value is -2.49. The molecule has 0 aliphatic carbocycles. The summed E-state index contributed by atoms with van der Waals surface area (Å²) in [6, 6.07) is 9.67. The lowest BCUT2D eigenvalue weighted by Crippen LogP contribution is -2.27. The summed E-state index contributed by atoms with van der Waals surface area (Å²) in [6.07, 6.45) is 3.23. The zero-order valence-electron chi connectivity index (χ0n) is 17.8. The van der Waals surface area contributed by atoms with E-state index < -0.39 is 10.0 Å². The number of carbonyl (C=O) groups excluding carboxylic acids is 1. The van der Waals surface area contributed by atoms with Gasteiger partial charge in [0.25, 0.3) is 5.91 Å². The zero-order chi connectivity index (χ0) is 22.2. The van der Waals surface area contributed by atoms with Crippen LogP contribution in [0.3, 0.4) is 0 Å². The van der Waals surface area contributed by atoms with Crippen LogP contribution in [0.1, 0.15) is 48.7 Å². The van der Waals surface area contributed by atoms with Crippen molar-refractivity contribution in [3.63, 3.8) is 0 Å². The lowest BCUT2D eigenvalue weighted by molar-refractivity contribution is 0.101. The summed E-state index contributed by atoms with van der Waals surface area (Å²) < 4.78 is 28.6. The summed E-state index contributed by atoms with van der Waals surface area (Å²) in [7, 11) is -1.90. The second kappa shape index (κ2) is 8.57. The van der Waals surface area contributed by atoms with Gasteiger partial charge in [0.15, 0.2) is 5.13 Å². The number of nitrogens with zero attached hydrogens (tertiary/aromatic N) is 3. The Labute approximate surface area is 186 Å². The number of aryl methyl sites for hydroxylation is 1. The van der Waals surface area contributed by atoms with E-state index in [2.05, 4.69) is 36.3 Å². The highest BCUT2D eigenvalue weighted by atomic mass is 32.2. The minimum absolute atomic E-state index is 0.145. The predicted molar refractivity (Wildman–Crippen MR) is 123 cm³/mol. The van der Waals surface area contributed by atoms with E-state index in [0.29, 0.717) is 24.1 Å². The fourth-order valence-electron chi connectivity index (χ4n) is 3.64. The Bertz CT molecular complexity index is 1190. The third-order valence-corrected chi connectivity index (χ3v) is 8.13. The molecule has 9 heteroatoms. The SMILES string of the molecule is CC(C)c1ccc(-c2csc(NC(=O)c3cc(S(=O)(=O)N4CCCC4)cn3C)n2)cc1. The maximum absolute atomic E-state index is 12.8. The Morgan fingerprint density at radius 3 is 2.48 bits per heavy atom. The van der Waals surface area contributed by atoms with Gasteiger partial charge in [0, 0.05) is 37.3 Å². The average Bonchev–Trinajstić information content (AvgIpc) is 3.49. The molecule has 1 amide bonds. The first-order valence-electron chi connectivity index (χ1n) is 10.3. The molecule has 1 saturated heterocycles. The van der Waals surface area contributed by atoms with Crippen LogP contribution in [-0.2, 0) is 17.1 Å². The van der Waals surface area contributed by atoms with E-state index in [1.165, 1.54) is 38.0 Å². The number of nitrogens with one attached hydrogen (secondary N) is 1. The van der Waals surface area contributed by atoms with E-state index in [9.17, 15) is 13.2 Å². The lowest BCUT2D eigenvalue weighted by atomic mass is 10.0. The molecule has 1 aromatic carbocycles. The molecule has 0 spiro atoms. The molecule has 0 atom stereocenters. The molecule has 0 saturated carbocycles. The van der Waals surface area contributed by atoms with Crippen molar-refractivity contribution >= 4 is 32.4 Å². The van der Waals surface area contributed by atoms with E-state index in [1.54, 1.807) is 7.05 Å². The van der Waals surface area contributed by atoms with Gasteiger partial charge in [0.05, 0.1) is 5.69 Å². The maximum Gasteiger partial charge on any atom is 0.274 e. The van der Waals surface area contributed by atoms with E-state index >= 15 is 0 Å². The van der Waals surface area contributed by atoms with Crippen LogP contribution in [0, 0.1) is 0 Å². The molecule has 31 heavy (non-hydrogen) atoms. The van der Waals surface area contributed by atoms with Gasteiger partial charge in [-0.2, -0.15) is 4.31 Å². The van der Waals surface area contributed by atoms with Crippen LogP contribution in [0.25, 0.3) is 11.3 Å². The molecule has 1 fully saturated rings. The molecule has 1 aliphatic rings. The highest BCUT2D eigenvalue weighted by molar-refractivity contribution is 7.89. The van der Waals surface area contributed by atoms with Crippen molar-refractivity contribution in [2.45, 2.75) is 37.5 Å². The Morgan fingerprint density at radius 1 is 1.16 bits per heavy atom. The number of sulfonamides is 1. The van der Waals surface area contributed by atoms with Gasteiger partial charge in [-0.1, -0.05) is 38.1 Å². The molecular formula is C22H26N4O3S2. The number of benzene rings is 1. The van der Waals surface area contributed by atoms with Gasteiger partial charge < -0.3 is 4.57 Å². The van der Waals surface area contributed by atoms with Crippen molar-refractivity contribution < 1.29 is 13.2 Å². The number of rotatable bonds is 6. The smallest absolute Gasteiger partial charge is 0.274 e. The highest BCUT2D eigenvalue weighted by Crippen LogP contribution is 2.27. The average molecular weight is 459 g/mol. The number of thiazole rings is 1. The summed E-state index contributed by atoms with van der Waals surface area (Å²) >= 11 is 1.34. The second-order valence-corrected chi connectivity index (χ2v) is 10.8. The molecule has 3 aromatic rings. The summed E-state index contributed by atoms with van der Waals surface area (Å²) in [4.78, 5) is 17.5. The van der Waals surface area contributed by atoms with Crippen LogP contribution in [0.5, 0.6) is 0 Å². The maximum atomic E-state index is 12.8. The van der Waals surface area contributed by atoms with Crippen molar-refractivity contribution in [3.8, 4) is 11.3 Å². The second-order valence-electron chi connectivity index (χ2n) is 8.05. The fourth-order valence-corrected chi connectivity index (χ4v) is 5.95. The summed E-state index contributed by atoms with van der Waals surface area (Å²) in [5, 5.41) is 5.16. The fraction of sp³-hybridized carbons (Fsp3) is 0.364. The van der Waals surface area contributed by atoms with Crippen molar-refractivity contribution in [1.82, 2.24) is 13.9 Å². The Balaban J connectivity index is 1.50. The van der Waals surface area contributed by atoms with Crippen LogP contribution < -0.4 is 5.32 Å². The number of hydrogen-bond donors (Lipinski definition) is 1. The molecular weight excluding hydrogens is 432 g/mol. The standard InChI is InChI=1S/C22H26N4O3S2/c1-15(2)16-6-8-17(9-7-16)19-14-30-22(23-19)24-21(27)20-12-18(13-25(20)3)31(28,29)26-10-4-5-11-26/h6-9,12-15H,4-5,10-11H2,1-3H3,(H,23,24,27). The molecule has 0 unspecified atom stereocenters. The lowest BCUT2D eigenvalue weighted by Gasteiger charge is -2.13. The van der Waals surface area contributed by atoms with Crippen LogP contribution >= 0.6 is 11.3 Å². The Kier molecular flexibility index (Phi) is 6.00. The highest BCUT2D eigenvalue weighted by Gasteiger charge is 2.29. The monoisotopic (exact) mass is 458 g/mol. The van der Waals surface area contributed by atoms with Crippen LogP contribution in [-0.4, -0.2) is 41.3 Å². The molecule has 0 radical (unpaired) electrons. The zero-order valence-corrected chi connectivity index (χ0v) is 19.5. The molecule has 1 N–H and O–H groups in total. The van der Waals surface area contributed by atoms with Gasteiger partial charge in [-0.3, -0.25) is 10.1 Å². The molecule has 164 valence electrons. The molecule has 2 aromatic heterocycles. The summed E-state index contributed by atoms with van der Waals surface area (Å²) in [5.41, 5.74) is 3.31. The molecule has 0 bridgehead atoms. The van der Waals surface area contributed by atoms with E-state index in [0.717, 1.165) is 24.1 Å². The van der Waals surface area contributed by atoms with E-state index in [-0.39, 0.29) is 16.5 Å². The third kappa shape index (κ3) is 4.44. The van der Waals surface area contributed by atoms with Crippen LogP contribution in [0.2, 0.25) is 0 Å². The van der Waals surface area contributed by atoms with Crippen LogP contribution in [0.4, 0.5) is 5.13 Å². The third-order valence-electron chi connectivity index (χ3n) is 5.51. The minimum Gasteiger partial charge on any atom is -0.345 e. The van der Waals surface area contributed by atoms with Crippen molar-refractivity contribution in [1.29, 1.82) is 0 Å². The topological polar surface area (TPSA) is 84.3 Å². The van der Waals surface area contributed by atoms with E-state index in [4.69, 9.17) is 0 Å². The molecule has 3 heterocycles. The van der Waals surface area contributed by atoms with Crippen molar-refractivity contribution in [2.75, 3.05) is 18.4 Å². The number of hydrogen-bond acceptors (Lipinski definition) is 5. The van der Waals surface area contributed by atoms with Crippen molar-refractivity contribution in [3.05, 3.63) is 53.2 Å². The first kappa shape index (κ1) is 21.7. The Morgan fingerprint density at radius 2 is 1.84 bits per heavy atom. The van der Waals surface area contributed by atoms with Gasteiger partial charge in [0.1, 0.15) is 10.6 Å². The van der Waals surface area contributed by atoms with Gasteiger partial charge in [0.2, 0.25) is 10.0 Å². The van der Waals surface area contributed by atoms with Crippen LogP contribution in [0.15, 0.2) is 46.8 Å². The molecule has 1 aliphatic heterocycles. The van der Waals surface area contributed by atoms with Crippen molar-refractivity contribution in [2.24, 2.45) is 7.05 Å². The number of amides is 1. The molecule has 7 nitrogen and oxygen atoms in total. The number of anilines is 1. The van der Waals surface area contributed by atoms with E-state index in [1.807, 2.05) is 17.5 Å². The largest absolute Gasteiger partial charge is 0.345 e. The number of carbonyl (C=O) groups is 1. The van der Waals surface area contributed by atoms with Gasteiger partial charge >= 0.3 is 0 Å². The quantitative estimate of drug-likeness (QED) is 0.597. The first-order chi connectivity index (χ1) is 14.8.